The molecule has 2 aromatic heterocycles. The number of nitrogens with zero attached hydrogens (tertiary/aromatic N) is 4. The summed E-state index contributed by atoms with van der Waals surface area (Å²) in [5, 5.41) is 11.8. The quantitative estimate of drug-likeness (QED) is 0.806. The Labute approximate surface area is 118 Å². The van der Waals surface area contributed by atoms with Crippen LogP contribution < -0.4 is 5.32 Å². The van der Waals surface area contributed by atoms with Gasteiger partial charge < -0.3 is 5.32 Å². The Hall–Kier alpha value is -1.69. The monoisotopic (exact) mass is 279 g/mol. The molecule has 2 rings (SSSR count). The zero-order chi connectivity index (χ0) is 14.4. The lowest BCUT2D eigenvalue weighted by Gasteiger charge is -2.14. The van der Waals surface area contributed by atoms with Crippen molar-refractivity contribution in [2.24, 2.45) is 0 Å². The lowest BCUT2D eigenvalue weighted by atomic mass is 10.2. The van der Waals surface area contributed by atoms with Crippen molar-refractivity contribution in [3.05, 3.63) is 35.9 Å². The summed E-state index contributed by atoms with van der Waals surface area (Å²) in [6, 6.07) is 4.34. The summed E-state index contributed by atoms with van der Waals surface area (Å²) in [6.45, 7) is 5.65. The van der Waals surface area contributed by atoms with Crippen LogP contribution >= 0.6 is 0 Å². The molecule has 0 aromatic carbocycles. The van der Waals surface area contributed by atoms with E-state index in [0.29, 0.717) is 19.1 Å². The Morgan fingerprint density at radius 2 is 1.90 bits per heavy atom. The molecule has 110 valence electrons. The minimum absolute atomic E-state index is 0.314. The van der Waals surface area contributed by atoms with Gasteiger partial charge in [0.15, 0.2) is 0 Å². The molecule has 0 saturated heterocycles. The molecule has 0 unspecified atom stereocenters. The summed E-state index contributed by atoms with van der Waals surface area (Å²) in [4.78, 5) is 0. The van der Waals surface area contributed by atoms with Crippen LogP contribution in [0, 0.1) is 0 Å². The number of hydrogen-bond acceptors (Lipinski definition) is 3. The minimum Gasteiger partial charge on any atom is -0.306 e. The van der Waals surface area contributed by atoms with E-state index in [4.69, 9.17) is 0 Å². The van der Waals surface area contributed by atoms with Crippen LogP contribution in [0.15, 0.2) is 24.5 Å². The fourth-order valence-corrected chi connectivity index (χ4v) is 2.16. The van der Waals surface area contributed by atoms with Gasteiger partial charge in [-0.05, 0) is 25.5 Å². The summed E-state index contributed by atoms with van der Waals surface area (Å²) in [5.74, 6) is 0. The highest BCUT2D eigenvalue weighted by Gasteiger charge is 2.08. The van der Waals surface area contributed by atoms with Gasteiger partial charge in [-0.15, -0.1) is 0 Å². The summed E-state index contributed by atoms with van der Waals surface area (Å²) >= 11 is 0. The lowest BCUT2D eigenvalue weighted by molar-refractivity contribution is 0.415. The molecular formula is C14H22FN5. The molecule has 20 heavy (non-hydrogen) atoms. The number of nitrogens with one attached hydrogen (secondary N) is 1. The SMILES string of the molecule is CC[C@@H](C)n1nccc1CNCc1ccnn1CCF. The van der Waals surface area contributed by atoms with E-state index in [1.165, 1.54) is 0 Å². The van der Waals surface area contributed by atoms with Gasteiger partial charge in [-0.2, -0.15) is 10.2 Å². The van der Waals surface area contributed by atoms with Gasteiger partial charge in [0.1, 0.15) is 6.67 Å². The lowest BCUT2D eigenvalue weighted by Crippen LogP contribution is -2.20. The topological polar surface area (TPSA) is 47.7 Å². The summed E-state index contributed by atoms with van der Waals surface area (Å²) in [6.07, 6.45) is 4.59. The van der Waals surface area contributed by atoms with E-state index in [9.17, 15) is 4.39 Å². The van der Waals surface area contributed by atoms with Crippen molar-refractivity contribution in [1.82, 2.24) is 24.9 Å². The molecule has 0 spiro atoms. The predicted molar refractivity (Wildman–Crippen MR) is 76.0 cm³/mol. The first-order valence-corrected chi connectivity index (χ1v) is 7.06. The molecule has 0 aliphatic carbocycles. The van der Waals surface area contributed by atoms with Gasteiger partial charge in [-0.25, -0.2) is 4.39 Å². The Balaban J connectivity index is 1.90. The number of aryl methyl sites for hydroxylation is 1. The Kier molecular flexibility index (Phi) is 5.29. The van der Waals surface area contributed by atoms with E-state index < -0.39 is 6.67 Å². The molecule has 2 aromatic rings. The van der Waals surface area contributed by atoms with Crippen molar-refractivity contribution < 1.29 is 4.39 Å². The fraction of sp³-hybridized carbons (Fsp3) is 0.571. The smallest absolute Gasteiger partial charge is 0.109 e. The van der Waals surface area contributed by atoms with E-state index in [0.717, 1.165) is 24.4 Å². The highest BCUT2D eigenvalue weighted by atomic mass is 19.1. The normalized spacial score (nSPS) is 12.8. The van der Waals surface area contributed by atoms with Crippen molar-refractivity contribution in [2.75, 3.05) is 6.67 Å². The second-order valence-electron chi connectivity index (χ2n) is 4.86. The molecule has 1 N–H and O–H groups in total. The molecule has 1 atom stereocenters. The maximum absolute atomic E-state index is 12.4. The van der Waals surface area contributed by atoms with E-state index >= 15 is 0 Å². The highest BCUT2D eigenvalue weighted by molar-refractivity contribution is 5.03. The molecule has 6 heteroatoms. The van der Waals surface area contributed by atoms with Gasteiger partial charge in [-0.3, -0.25) is 9.36 Å². The van der Waals surface area contributed by atoms with Crippen molar-refractivity contribution in [3.63, 3.8) is 0 Å². The highest BCUT2D eigenvalue weighted by Crippen LogP contribution is 2.12. The Morgan fingerprint density at radius 1 is 1.20 bits per heavy atom. The van der Waals surface area contributed by atoms with Crippen molar-refractivity contribution in [2.45, 2.75) is 45.9 Å². The van der Waals surface area contributed by atoms with Crippen molar-refractivity contribution in [3.8, 4) is 0 Å². The second-order valence-corrected chi connectivity index (χ2v) is 4.86. The standard InChI is InChI=1S/C14H22FN5/c1-3-12(2)20-14(5-8-18-20)11-16-10-13-4-7-17-19(13)9-6-15/h4-5,7-8,12,16H,3,6,9-11H2,1-2H3/t12-/m1/s1. The van der Waals surface area contributed by atoms with Crippen LogP contribution in [0.2, 0.25) is 0 Å². The van der Waals surface area contributed by atoms with E-state index in [1.54, 1.807) is 10.9 Å². The summed E-state index contributed by atoms with van der Waals surface area (Å²) < 4.78 is 16.1. The van der Waals surface area contributed by atoms with Crippen molar-refractivity contribution in [1.29, 1.82) is 0 Å². The zero-order valence-electron chi connectivity index (χ0n) is 12.1. The zero-order valence-corrected chi connectivity index (χ0v) is 12.1. The van der Waals surface area contributed by atoms with Gasteiger partial charge in [0.25, 0.3) is 0 Å². The predicted octanol–water partition coefficient (Wildman–Crippen LogP) is 2.31. The van der Waals surface area contributed by atoms with Crippen molar-refractivity contribution >= 4 is 0 Å². The van der Waals surface area contributed by atoms with Gasteiger partial charge in [-0.1, -0.05) is 6.92 Å². The Bertz CT molecular complexity index is 519. The molecule has 0 bridgehead atoms. The molecule has 0 aliphatic rings. The molecule has 0 amide bonds. The maximum atomic E-state index is 12.4. The second kappa shape index (κ2) is 7.19. The van der Waals surface area contributed by atoms with Crippen LogP contribution in [0.5, 0.6) is 0 Å². The average Bonchev–Trinajstić information content (AvgIpc) is 3.08. The molecule has 0 aliphatic heterocycles. The molecule has 0 fully saturated rings. The third-order valence-electron chi connectivity index (χ3n) is 3.47. The van der Waals surface area contributed by atoms with Crippen LogP contribution in [0.1, 0.15) is 37.7 Å². The van der Waals surface area contributed by atoms with E-state index in [-0.39, 0.29) is 0 Å². The average molecular weight is 279 g/mol. The van der Waals surface area contributed by atoms with Crippen LogP contribution in [-0.2, 0) is 19.6 Å². The van der Waals surface area contributed by atoms with Gasteiger partial charge >= 0.3 is 0 Å². The number of aromatic nitrogens is 4. The first-order chi connectivity index (χ1) is 9.76. The number of halogens is 1. The summed E-state index contributed by atoms with van der Waals surface area (Å²) in [7, 11) is 0. The maximum Gasteiger partial charge on any atom is 0.109 e. The molecular weight excluding hydrogens is 257 g/mol. The summed E-state index contributed by atoms with van der Waals surface area (Å²) in [5.41, 5.74) is 2.16. The largest absolute Gasteiger partial charge is 0.306 e. The number of alkyl halides is 1. The van der Waals surface area contributed by atoms with Gasteiger partial charge in [0, 0.05) is 31.5 Å². The third kappa shape index (κ3) is 3.45. The van der Waals surface area contributed by atoms with Gasteiger partial charge in [0.2, 0.25) is 0 Å². The van der Waals surface area contributed by atoms with Crippen LogP contribution in [0.4, 0.5) is 4.39 Å². The molecule has 0 radical (unpaired) electrons. The molecule has 2 heterocycles. The van der Waals surface area contributed by atoms with Crippen LogP contribution in [-0.4, -0.2) is 26.2 Å². The Morgan fingerprint density at radius 3 is 2.65 bits per heavy atom. The van der Waals surface area contributed by atoms with Crippen LogP contribution in [0.3, 0.4) is 0 Å². The number of rotatable bonds is 8. The molecule has 5 nitrogen and oxygen atoms in total. The van der Waals surface area contributed by atoms with E-state index in [1.807, 2.05) is 23.0 Å². The third-order valence-corrected chi connectivity index (χ3v) is 3.47. The van der Waals surface area contributed by atoms with Gasteiger partial charge in [0.05, 0.1) is 17.9 Å². The van der Waals surface area contributed by atoms with Crippen LogP contribution in [0.25, 0.3) is 0 Å². The fourth-order valence-electron chi connectivity index (χ4n) is 2.16. The first kappa shape index (κ1) is 14.7. The first-order valence-electron chi connectivity index (χ1n) is 7.06. The van der Waals surface area contributed by atoms with E-state index in [2.05, 4.69) is 29.4 Å². The molecule has 0 saturated carbocycles. The number of hydrogen-bond donors (Lipinski definition) is 1. The minimum atomic E-state index is -0.393.